The molecule has 0 saturated carbocycles. The molecule has 1 aliphatic heterocycles. The summed E-state index contributed by atoms with van der Waals surface area (Å²) in [6.45, 7) is 5.01. The maximum absolute atomic E-state index is 12.1. The highest BCUT2D eigenvalue weighted by molar-refractivity contribution is 5.83. The summed E-state index contributed by atoms with van der Waals surface area (Å²) < 4.78 is 0. The van der Waals surface area contributed by atoms with Gasteiger partial charge < -0.3 is 10.6 Å². The van der Waals surface area contributed by atoms with Gasteiger partial charge in [0.25, 0.3) is 0 Å². The quantitative estimate of drug-likeness (QED) is 0.853. The van der Waals surface area contributed by atoms with Crippen molar-refractivity contribution in [3.8, 4) is 0 Å². The minimum atomic E-state index is -0.0642. The van der Waals surface area contributed by atoms with Gasteiger partial charge in [-0.05, 0) is 50.8 Å². The van der Waals surface area contributed by atoms with Crippen LogP contribution in [0.4, 0.5) is 0 Å². The molecule has 2 N–H and O–H groups in total. The molecule has 0 aromatic heterocycles. The lowest BCUT2D eigenvalue weighted by atomic mass is 9.96. The third-order valence-corrected chi connectivity index (χ3v) is 3.94. The monoisotopic (exact) mass is 260 g/mol. The Balaban J connectivity index is 1.72. The van der Waals surface area contributed by atoms with Gasteiger partial charge in [0.2, 0.25) is 5.91 Å². The van der Waals surface area contributed by atoms with E-state index >= 15 is 0 Å². The molecule has 3 nitrogen and oxygen atoms in total. The van der Waals surface area contributed by atoms with Gasteiger partial charge in [-0.3, -0.25) is 4.79 Å². The van der Waals surface area contributed by atoms with Crippen molar-refractivity contribution < 1.29 is 4.79 Å². The van der Waals surface area contributed by atoms with E-state index in [0.29, 0.717) is 0 Å². The van der Waals surface area contributed by atoms with Gasteiger partial charge in [0.15, 0.2) is 0 Å². The molecule has 0 radical (unpaired) electrons. The molecule has 3 heteroatoms. The minimum Gasteiger partial charge on any atom is -0.356 e. The Morgan fingerprint density at radius 2 is 2.21 bits per heavy atom. The van der Waals surface area contributed by atoms with E-state index < -0.39 is 0 Å². The van der Waals surface area contributed by atoms with Gasteiger partial charge in [0.1, 0.15) is 0 Å². The summed E-state index contributed by atoms with van der Waals surface area (Å²) in [7, 11) is 0. The average molecular weight is 260 g/mol. The van der Waals surface area contributed by atoms with Gasteiger partial charge >= 0.3 is 0 Å². The number of benzene rings is 1. The molecule has 0 bridgehead atoms. The van der Waals surface area contributed by atoms with Gasteiger partial charge in [-0.25, -0.2) is 0 Å². The van der Waals surface area contributed by atoms with Gasteiger partial charge in [0, 0.05) is 6.54 Å². The molecule has 1 aromatic rings. The maximum Gasteiger partial charge on any atom is 0.227 e. The van der Waals surface area contributed by atoms with Crippen LogP contribution in [0.25, 0.3) is 0 Å². The van der Waals surface area contributed by atoms with Crippen molar-refractivity contribution in [2.75, 3.05) is 19.6 Å². The second kappa shape index (κ2) is 7.29. The molecule has 1 aliphatic rings. The number of hydrogen-bond donors (Lipinski definition) is 2. The van der Waals surface area contributed by atoms with Crippen LogP contribution in [0.5, 0.6) is 0 Å². The first-order chi connectivity index (χ1) is 9.27. The molecule has 0 aliphatic carbocycles. The molecular weight excluding hydrogens is 236 g/mol. The SMILES string of the molecule is CC(C(=O)NCCC1CCCNC1)c1ccccc1. The number of piperidine rings is 1. The van der Waals surface area contributed by atoms with E-state index in [1.54, 1.807) is 0 Å². The Morgan fingerprint density at radius 1 is 1.42 bits per heavy atom. The number of hydrogen-bond acceptors (Lipinski definition) is 2. The van der Waals surface area contributed by atoms with Crippen LogP contribution in [-0.2, 0) is 4.79 Å². The molecule has 1 heterocycles. The third-order valence-electron chi connectivity index (χ3n) is 3.94. The lowest BCUT2D eigenvalue weighted by Gasteiger charge is -2.23. The minimum absolute atomic E-state index is 0.0642. The number of carbonyl (C=O) groups excluding carboxylic acids is 1. The lowest BCUT2D eigenvalue weighted by Crippen LogP contribution is -2.34. The van der Waals surface area contributed by atoms with Crippen LogP contribution in [-0.4, -0.2) is 25.5 Å². The Bertz CT molecular complexity index is 385. The van der Waals surface area contributed by atoms with Crippen molar-refractivity contribution >= 4 is 5.91 Å². The second-order valence-corrected chi connectivity index (χ2v) is 5.42. The summed E-state index contributed by atoms with van der Waals surface area (Å²) in [6.07, 6.45) is 3.64. The van der Waals surface area contributed by atoms with E-state index in [-0.39, 0.29) is 11.8 Å². The predicted molar refractivity (Wildman–Crippen MR) is 78.1 cm³/mol. The number of amides is 1. The number of nitrogens with one attached hydrogen (secondary N) is 2. The number of carbonyl (C=O) groups is 1. The highest BCUT2D eigenvalue weighted by atomic mass is 16.1. The zero-order valence-electron chi connectivity index (χ0n) is 11.7. The molecule has 19 heavy (non-hydrogen) atoms. The highest BCUT2D eigenvalue weighted by Gasteiger charge is 2.16. The normalized spacial score (nSPS) is 20.8. The fourth-order valence-electron chi connectivity index (χ4n) is 2.62. The molecule has 2 rings (SSSR count). The molecule has 0 spiro atoms. The van der Waals surface area contributed by atoms with E-state index in [2.05, 4.69) is 10.6 Å². The lowest BCUT2D eigenvalue weighted by molar-refractivity contribution is -0.122. The Hall–Kier alpha value is -1.35. The molecule has 2 atom stereocenters. The van der Waals surface area contributed by atoms with Crippen molar-refractivity contribution in [2.24, 2.45) is 5.92 Å². The van der Waals surface area contributed by atoms with Crippen molar-refractivity contribution in [1.29, 1.82) is 0 Å². The first-order valence-corrected chi connectivity index (χ1v) is 7.30. The first kappa shape index (κ1) is 14.1. The largest absolute Gasteiger partial charge is 0.356 e. The van der Waals surface area contributed by atoms with E-state index in [0.717, 1.165) is 37.5 Å². The van der Waals surface area contributed by atoms with Gasteiger partial charge in [-0.2, -0.15) is 0 Å². The highest BCUT2D eigenvalue weighted by Crippen LogP contribution is 2.15. The van der Waals surface area contributed by atoms with Crippen LogP contribution < -0.4 is 10.6 Å². The average Bonchev–Trinajstić information content (AvgIpc) is 2.48. The molecule has 1 amide bonds. The zero-order valence-corrected chi connectivity index (χ0v) is 11.7. The summed E-state index contributed by atoms with van der Waals surface area (Å²) in [5.74, 6) is 0.793. The number of rotatable bonds is 5. The summed E-state index contributed by atoms with van der Waals surface area (Å²) in [5, 5.41) is 6.47. The van der Waals surface area contributed by atoms with Crippen molar-refractivity contribution in [3.63, 3.8) is 0 Å². The summed E-state index contributed by atoms with van der Waals surface area (Å²) >= 11 is 0. The Morgan fingerprint density at radius 3 is 2.89 bits per heavy atom. The summed E-state index contributed by atoms with van der Waals surface area (Å²) in [4.78, 5) is 12.1. The van der Waals surface area contributed by atoms with Gasteiger partial charge in [-0.15, -0.1) is 0 Å². The predicted octanol–water partition coefficient (Wildman–Crippen LogP) is 2.30. The van der Waals surface area contributed by atoms with Gasteiger partial charge in [0.05, 0.1) is 5.92 Å². The van der Waals surface area contributed by atoms with Crippen molar-refractivity contribution in [2.45, 2.75) is 32.1 Å². The molecule has 2 unspecified atom stereocenters. The Kier molecular flexibility index (Phi) is 5.40. The molecular formula is C16H24N2O. The summed E-state index contributed by atoms with van der Waals surface area (Å²) in [5.41, 5.74) is 1.08. The fourth-order valence-corrected chi connectivity index (χ4v) is 2.62. The molecule has 1 fully saturated rings. The molecule has 1 aromatic carbocycles. The van der Waals surface area contributed by atoms with Crippen molar-refractivity contribution in [3.05, 3.63) is 35.9 Å². The standard InChI is InChI=1S/C16H24N2O/c1-13(15-7-3-2-4-8-15)16(19)18-11-9-14-6-5-10-17-12-14/h2-4,7-8,13-14,17H,5-6,9-12H2,1H3,(H,18,19). The van der Waals surface area contributed by atoms with Gasteiger partial charge in [-0.1, -0.05) is 30.3 Å². The van der Waals surface area contributed by atoms with Crippen LogP contribution in [0.15, 0.2) is 30.3 Å². The fraction of sp³-hybridized carbons (Fsp3) is 0.562. The second-order valence-electron chi connectivity index (χ2n) is 5.42. The molecule has 1 saturated heterocycles. The van der Waals surface area contributed by atoms with Crippen LogP contribution in [0.1, 0.15) is 37.7 Å². The van der Waals surface area contributed by atoms with E-state index in [4.69, 9.17) is 0 Å². The smallest absolute Gasteiger partial charge is 0.227 e. The van der Waals surface area contributed by atoms with E-state index in [1.807, 2.05) is 37.3 Å². The van der Waals surface area contributed by atoms with Crippen LogP contribution >= 0.6 is 0 Å². The first-order valence-electron chi connectivity index (χ1n) is 7.30. The molecule has 104 valence electrons. The van der Waals surface area contributed by atoms with Crippen molar-refractivity contribution in [1.82, 2.24) is 10.6 Å². The van der Waals surface area contributed by atoms with E-state index in [1.165, 1.54) is 12.8 Å². The van der Waals surface area contributed by atoms with Crippen LogP contribution in [0.2, 0.25) is 0 Å². The van der Waals surface area contributed by atoms with Crippen LogP contribution in [0, 0.1) is 5.92 Å². The zero-order chi connectivity index (χ0) is 13.5. The van der Waals surface area contributed by atoms with E-state index in [9.17, 15) is 4.79 Å². The maximum atomic E-state index is 12.1. The van der Waals surface area contributed by atoms with Crippen LogP contribution in [0.3, 0.4) is 0 Å². The third kappa shape index (κ3) is 4.35. The summed E-state index contributed by atoms with van der Waals surface area (Å²) in [6, 6.07) is 9.95. The topological polar surface area (TPSA) is 41.1 Å². The Labute approximate surface area is 115 Å².